The number of hydrogen-bond acceptors (Lipinski definition) is 6. The van der Waals surface area contributed by atoms with Crippen LogP contribution in [-0.4, -0.2) is 39.9 Å². The Kier molecular flexibility index (Phi) is 40200. The van der Waals surface area contributed by atoms with Crippen LogP contribution >= 0.6 is 0 Å². The van der Waals surface area contributed by atoms with E-state index in [9.17, 15) is 0 Å². The molecule has 0 aromatic rings. The maximum absolute atomic E-state index is 7.08. The van der Waals surface area contributed by atoms with Crippen molar-refractivity contribution >= 4 is 33.4 Å². The summed E-state index contributed by atoms with van der Waals surface area (Å²) in [5, 5.41) is 30.4. The minimum absolute atomic E-state index is 0. The van der Waals surface area contributed by atoms with Crippen molar-refractivity contribution in [2.45, 2.75) is 22.3 Å². The van der Waals surface area contributed by atoms with Gasteiger partial charge in [0.1, 0.15) is 10.0 Å². The number of nitrogens with one attached hydrogen (secondary N) is 3. The second-order valence-corrected chi connectivity index (χ2v) is 0.141. The SMILES string of the molecule is C.C.C.C=NO.N=[SiH].[2H][SiH]=N.[3H]C#N.[3H]N=C.[HH].[HH].[W]. The second kappa shape index (κ2) is 16400. The van der Waals surface area contributed by atoms with Crippen LogP contribution in [-0.2, 0) is 21.1 Å². The molecule has 0 bridgehead atoms. The van der Waals surface area contributed by atoms with E-state index < -0.39 is 9.97 Å². The number of hydrogen-bond donors (Lipinski definition) is 4. The molecule has 0 atom stereocenters. The topological polar surface area (TPSA) is 128 Å². The minimum atomic E-state index is -0.750. The van der Waals surface area contributed by atoms with Gasteiger partial charge in [0.05, 0.1) is 11.2 Å². The van der Waals surface area contributed by atoms with E-state index in [1.165, 1.54) is 0 Å². The number of nitrogens with zero attached hydrogens (tertiary/aromatic N) is 2. The smallest absolute Gasteiger partial charge is 0.186 e. The van der Waals surface area contributed by atoms with Gasteiger partial charge in [0.2, 0.25) is 0 Å². The van der Waals surface area contributed by atoms with E-state index in [1.807, 2.05) is 0 Å². The first-order chi connectivity index (χ1) is 6.66. The first-order valence-corrected chi connectivity index (χ1v) is 2.79. The summed E-state index contributed by atoms with van der Waals surface area (Å²) >= 11 is 0. The van der Waals surface area contributed by atoms with Crippen molar-refractivity contribution in [2.75, 3.05) is 0 Å². The summed E-state index contributed by atoms with van der Waals surface area (Å²) in [5.41, 5.74) is 0. The number of nitriles is 1. The van der Waals surface area contributed by atoms with Gasteiger partial charge < -0.3 is 20.7 Å². The average molecular weight is 431 g/mol. The fourth-order valence-electron chi connectivity index (χ4n) is 0. The maximum atomic E-state index is 7.08. The van der Waals surface area contributed by atoms with E-state index >= 15 is 0 Å². The summed E-state index contributed by atoms with van der Waals surface area (Å²) in [6, 6.07) is 0. The van der Waals surface area contributed by atoms with Gasteiger partial charge in [0.15, 0.2) is 2.78 Å². The Balaban J connectivity index is -0.00000000526. The van der Waals surface area contributed by atoms with Crippen molar-refractivity contribution in [3.63, 3.8) is 0 Å². The van der Waals surface area contributed by atoms with Crippen LogP contribution in [0.4, 0.5) is 0 Å². The van der Waals surface area contributed by atoms with Crippen LogP contribution in [0.5, 0.6) is 0 Å². The van der Waals surface area contributed by atoms with Gasteiger partial charge in [0, 0.05) is 37.2 Å². The molecular formula is C6H28N5OSi2W. The zero-order valence-corrected chi connectivity index (χ0v) is 11.5. The van der Waals surface area contributed by atoms with Gasteiger partial charge in [0.25, 0.3) is 0 Å². The van der Waals surface area contributed by atoms with Crippen molar-refractivity contribution < 1.29 is 31.9 Å². The molecule has 9 heteroatoms. The minimum Gasteiger partial charge on any atom is -0.411 e. The number of oxime groups is 1. The Morgan fingerprint density at radius 1 is 1.73 bits per heavy atom. The first kappa shape index (κ1) is 36.7. The van der Waals surface area contributed by atoms with Crippen LogP contribution in [0.25, 0.3) is 0 Å². The molecule has 4 N–H and O–H groups in total. The Morgan fingerprint density at radius 2 is 1.73 bits per heavy atom. The molecule has 0 rings (SSSR count). The fraction of sp³-hybridized carbons (Fsp3) is 0.500. The summed E-state index contributed by atoms with van der Waals surface area (Å²) in [4.78, 5) is 0. The Labute approximate surface area is 122 Å². The standard InChI is InChI=1S/CH3NO.CH3N.CHN.3CH4.H3NSi.H2NSi.W.2H2/c1-2-3;2*1-2;;;;2*1-2;;;/h3H,1H2;2H,1H2;1H;3*1H4;1H,2H2;1-2H;;2*1H/i;;1T;;;;2D;;;;/hT. The van der Waals surface area contributed by atoms with Crippen molar-refractivity contribution in [1.82, 2.24) is 0 Å². The van der Waals surface area contributed by atoms with E-state index in [1.54, 1.807) is 10.0 Å². The summed E-state index contributed by atoms with van der Waals surface area (Å²) in [6.45, 7) is 6.44. The summed E-state index contributed by atoms with van der Waals surface area (Å²) in [5.74, 6) is 0. The zero-order chi connectivity index (χ0) is 12.8. The van der Waals surface area contributed by atoms with Crippen LogP contribution in [0.2, 0.25) is 1.41 Å². The third kappa shape index (κ3) is 4100. The van der Waals surface area contributed by atoms with Crippen LogP contribution in [0.15, 0.2) is 5.16 Å². The van der Waals surface area contributed by atoms with Crippen molar-refractivity contribution in [1.29, 1.82) is 22.0 Å². The molecule has 0 amide bonds. The quantitative estimate of drug-likeness (QED) is 0.202. The molecule has 0 aliphatic carbocycles. The van der Waals surface area contributed by atoms with Crippen molar-refractivity contribution in [3.05, 3.63) is 0 Å². The molecule has 0 aromatic heterocycles. The Morgan fingerprint density at radius 3 is 1.73 bits per heavy atom. The van der Waals surface area contributed by atoms with Crippen LogP contribution in [0, 0.1) is 27.3 Å². The molecule has 0 aliphatic rings. The predicted octanol–water partition coefficient (Wildman–Crippen LogP) is 1.91. The molecule has 1 radical (unpaired) electrons. The van der Waals surface area contributed by atoms with E-state index in [4.69, 9.17) is 24.6 Å². The summed E-state index contributed by atoms with van der Waals surface area (Å²) in [6.07, 6.45) is 0. The molecule has 0 aromatic carbocycles. The van der Waals surface area contributed by atoms with Gasteiger partial charge in [-0.3, -0.25) is 0 Å². The fourth-order valence-corrected chi connectivity index (χ4v) is 0. The van der Waals surface area contributed by atoms with Crippen LogP contribution < -0.4 is 0 Å². The maximum Gasteiger partial charge on any atom is 0.186 e. The third-order valence-electron chi connectivity index (χ3n) is 0. The molecule has 6 nitrogen and oxygen atoms in total. The molecule has 0 aliphatic heterocycles. The monoisotopic (exact) mass is 431 g/mol. The molecule has 15 heavy (non-hydrogen) atoms. The molecular weight excluding hydrogens is 398 g/mol. The molecule has 97 valence electrons. The van der Waals surface area contributed by atoms with Gasteiger partial charge in [-0.1, -0.05) is 22.3 Å². The van der Waals surface area contributed by atoms with E-state index in [-0.39, 0.29) is 46.2 Å². The Bertz CT molecular complexity index is 144. The van der Waals surface area contributed by atoms with E-state index in [0.717, 1.165) is 6.55 Å². The van der Waals surface area contributed by atoms with Gasteiger partial charge in [-0.2, -0.15) is 0 Å². The molecule has 0 heterocycles. The Hall–Kier alpha value is -0.648. The van der Waals surface area contributed by atoms with Crippen molar-refractivity contribution in [2.24, 2.45) is 5.16 Å². The molecule has 0 spiro atoms. The van der Waals surface area contributed by atoms with Crippen LogP contribution in [0.1, 0.15) is 26.5 Å². The van der Waals surface area contributed by atoms with Crippen LogP contribution in [0.3, 0.4) is 0 Å². The zero-order valence-electron chi connectivity index (χ0n) is 9.27. The summed E-state index contributed by atoms with van der Waals surface area (Å²) < 4.78 is 17.2. The predicted molar refractivity (Wildman–Crippen MR) is 73.4 cm³/mol. The third-order valence-corrected chi connectivity index (χ3v) is 0. The number of rotatable bonds is 0. The average Bonchev–Trinajstić information content (AvgIpc) is 2.12. The molecule has 0 saturated carbocycles. The molecule has 0 fully saturated rings. The van der Waals surface area contributed by atoms with Gasteiger partial charge in [-0.05, 0) is 6.72 Å². The molecule has 0 saturated heterocycles. The largest absolute Gasteiger partial charge is 0.411 e. The summed E-state index contributed by atoms with van der Waals surface area (Å²) in [7, 11) is 0.917. The van der Waals surface area contributed by atoms with E-state index in [2.05, 4.69) is 24.0 Å². The second-order valence-electron chi connectivity index (χ2n) is 0.141. The van der Waals surface area contributed by atoms with Gasteiger partial charge in [-0.15, -0.1) is 5.16 Å². The van der Waals surface area contributed by atoms with Gasteiger partial charge in [-0.25, -0.2) is 5.26 Å². The van der Waals surface area contributed by atoms with Crippen molar-refractivity contribution in [3.8, 4) is 6.55 Å². The normalized spacial score (nSPS) is 3.53. The molecule has 0 unspecified atom stereocenters. The van der Waals surface area contributed by atoms with Gasteiger partial charge >= 0.3 is 0 Å². The first-order valence-electron chi connectivity index (χ1n) is 3.16. The van der Waals surface area contributed by atoms with E-state index in [0.29, 0.717) is 0 Å².